The van der Waals surface area contributed by atoms with E-state index >= 15 is 0 Å². The molecular formula is C20H26O3S. The molecule has 0 aliphatic heterocycles. The standard InChI is InChI=1S/C20H26O3S/c1-2-3-4-5-6-7-16-23-19-12-8-17(9-13-19)18-10-14-20(15-11-18)24(21)22/h8-15H,2-7,16H2,1H3,(H,21,22). The van der Waals surface area contributed by atoms with E-state index in [1.807, 2.05) is 36.4 Å². The Morgan fingerprint density at radius 3 is 1.96 bits per heavy atom. The molecule has 0 saturated heterocycles. The maximum Gasteiger partial charge on any atom is 0.186 e. The zero-order chi connectivity index (χ0) is 17.2. The Bertz CT molecular complexity index is 620. The van der Waals surface area contributed by atoms with Crippen molar-refractivity contribution in [2.45, 2.75) is 50.3 Å². The van der Waals surface area contributed by atoms with Gasteiger partial charge in [-0.15, -0.1) is 0 Å². The molecular weight excluding hydrogens is 320 g/mol. The predicted molar refractivity (Wildman–Crippen MR) is 99.8 cm³/mol. The highest BCUT2D eigenvalue weighted by atomic mass is 32.2. The third kappa shape index (κ3) is 6.10. The molecule has 0 saturated carbocycles. The summed E-state index contributed by atoms with van der Waals surface area (Å²) in [5.41, 5.74) is 2.09. The van der Waals surface area contributed by atoms with E-state index in [1.165, 1.54) is 32.1 Å². The van der Waals surface area contributed by atoms with Crippen LogP contribution in [0.5, 0.6) is 5.75 Å². The van der Waals surface area contributed by atoms with Gasteiger partial charge in [-0.05, 0) is 41.8 Å². The van der Waals surface area contributed by atoms with E-state index in [2.05, 4.69) is 6.92 Å². The molecule has 130 valence electrons. The van der Waals surface area contributed by atoms with E-state index in [1.54, 1.807) is 12.1 Å². The molecule has 24 heavy (non-hydrogen) atoms. The Kier molecular flexibility index (Phi) is 7.99. The second kappa shape index (κ2) is 10.3. The lowest BCUT2D eigenvalue weighted by molar-refractivity contribution is 0.304. The first-order chi connectivity index (χ1) is 11.7. The Morgan fingerprint density at radius 2 is 1.38 bits per heavy atom. The van der Waals surface area contributed by atoms with Gasteiger partial charge in [-0.1, -0.05) is 63.3 Å². The highest BCUT2D eigenvalue weighted by Crippen LogP contribution is 2.23. The highest BCUT2D eigenvalue weighted by molar-refractivity contribution is 7.79. The van der Waals surface area contributed by atoms with Gasteiger partial charge in [0.15, 0.2) is 11.1 Å². The van der Waals surface area contributed by atoms with E-state index in [-0.39, 0.29) is 0 Å². The van der Waals surface area contributed by atoms with Crippen LogP contribution < -0.4 is 4.74 Å². The Balaban J connectivity index is 1.79. The normalized spacial score (nSPS) is 12.1. The highest BCUT2D eigenvalue weighted by Gasteiger charge is 2.02. The lowest BCUT2D eigenvalue weighted by atomic mass is 10.1. The van der Waals surface area contributed by atoms with Gasteiger partial charge in [0.2, 0.25) is 0 Å². The SMILES string of the molecule is CCCCCCCCOc1ccc(-c2ccc(S(=O)O)cc2)cc1. The van der Waals surface area contributed by atoms with Crippen LogP contribution in [0.1, 0.15) is 45.4 Å². The number of rotatable bonds is 10. The van der Waals surface area contributed by atoms with Gasteiger partial charge < -0.3 is 9.29 Å². The number of unbranched alkanes of at least 4 members (excludes halogenated alkanes) is 5. The molecule has 2 aromatic rings. The van der Waals surface area contributed by atoms with Gasteiger partial charge in [0.1, 0.15) is 5.75 Å². The average Bonchev–Trinajstić information content (AvgIpc) is 2.61. The van der Waals surface area contributed by atoms with Crippen LogP contribution in [0.2, 0.25) is 0 Å². The van der Waals surface area contributed by atoms with E-state index in [4.69, 9.17) is 9.29 Å². The van der Waals surface area contributed by atoms with Crippen molar-refractivity contribution in [1.82, 2.24) is 0 Å². The molecule has 1 atom stereocenters. The van der Waals surface area contributed by atoms with Crippen molar-refractivity contribution in [2.75, 3.05) is 6.61 Å². The average molecular weight is 346 g/mol. The summed E-state index contributed by atoms with van der Waals surface area (Å²) in [6, 6.07) is 15.0. The predicted octanol–water partition coefficient (Wildman–Crippen LogP) is 5.67. The summed E-state index contributed by atoms with van der Waals surface area (Å²) in [6.45, 7) is 3.00. The largest absolute Gasteiger partial charge is 0.494 e. The van der Waals surface area contributed by atoms with Crippen LogP contribution in [-0.2, 0) is 11.1 Å². The first-order valence-electron chi connectivity index (χ1n) is 8.65. The fraction of sp³-hybridized carbons (Fsp3) is 0.400. The van der Waals surface area contributed by atoms with E-state index < -0.39 is 11.1 Å². The van der Waals surface area contributed by atoms with Gasteiger partial charge >= 0.3 is 0 Å². The van der Waals surface area contributed by atoms with Crippen molar-refractivity contribution in [2.24, 2.45) is 0 Å². The summed E-state index contributed by atoms with van der Waals surface area (Å²) in [5.74, 6) is 0.889. The molecule has 0 bridgehead atoms. The van der Waals surface area contributed by atoms with Crippen molar-refractivity contribution in [3.05, 3.63) is 48.5 Å². The fourth-order valence-corrected chi connectivity index (χ4v) is 2.95. The quantitative estimate of drug-likeness (QED) is 0.445. The van der Waals surface area contributed by atoms with E-state index in [9.17, 15) is 4.21 Å². The van der Waals surface area contributed by atoms with Crippen molar-refractivity contribution in [3.8, 4) is 16.9 Å². The number of benzene rings is 2. The van der Waals surface area contributed by atoms with E-state index in [0.29, 0.717) is 4.90 Å². The van der Waals surface area contributed by atoms with Gasteiger partial charge in [-0.25, -0.2) is 4.21 Å². The van der Waals surface area contributed by atoms with Crippen LogP contribution in [0.15, 0.2) is 53.4 Å². The molecule has 4 heteroatoms. The smallest absolute Gasteiger partial charge is 0.186 e. The van der Waals surface area contributed by atoms with Crippen molar-refractivity contribution in [3.63, 3.8) is 0 Å². The van der Waals surface area contributed by atoms with Gasteiger partial charge in [-0.3, -0.25) is 0 Å². The summed E-state index contributed by atoms with van der Waals surface area (Å²) >= 11 is -1.93. The van der Waals surface area contributed by atoms with Crippen molar-refractivity contribution in [1.29, 1.82) is 0 Å². The molecule has 2 rings (SSSR count). The minimum atomic E-state index is -1.93. The van der Waals surface area contributed by atoms with Crippen LogP contribution in [0.25, 0.3) is 11.1 Å². The summed E-state index contributed by atoms with van der Waals surface area (Å²) in [5, 5.41) is 0. The molecule has 2 aromatic carbocycles. The van der Waals surface area contributed by atoms with Gasteiger partial charge in [0.25, 0.3) is 0 Å². The molecule has 3 nitrogen and oxygen atoms in total. The number of ether oxygens (including phenoxy) is 1. The van der Waals surface area contributed by atoms with E-state index in [0.717, 1.165) is 29.9 Å². The van der Waals surface area contributed by atoms with Crippen molar-refractivity contribution < 1.29 is 13.5 Å². The molecule has 0 aliphatic rings. The molecule has 0 aromatic heterocycles. The summed E-state index contributed by atoms with van der Waals surface area (Å²) < 4.78 is 25.8. The minimum Gasteiger partial charge on any atom is -0.494 e. The summed E-state index contributed by atoms with van der Waals surface area (Å²) in [7, 11) is 0. The third-order valence-electron chi connectivity index (χ3n) is 4.01. The van der Waals surface area contributed by atoms with Crippen LogP contribution in [-0.4, -0.2) is 15.4 Å². The maximum absolute atomic E-state index is 11.0. The molecule has 0 amide bonds. The molecule has 1 unspecified atom stereocenters. The Labute approximate surface area is 147 Å². The summed E-state index contributed by atoms with van der Waals surface area (Å²) in [6.07, 6.45) is 7.57. The monoisotopic (exact) mass is 346 g/mol. The molecule has 1 N–H and O–H groups in total. The first-order valence-corrected chi connectivity index (χ1v) is 9.75. The molecule has 0 heterocycles. The fourth-order valence-electron chi connectivity index (χ4n) is 2.58. The van der Waals surface area contributed by atoms with Crippen LogP contribution in [0.3, 0.4) is 0 Å². The Hall–Kier alpha value is -1.65. The lowest BCUT2D eigenvalue weighted by Crippen LogP contribution is -1.97. The van der Waals surface area contributed by atoms with Gasteiger partial charge in [-0.2, -0.15) is 0 Å². The van der Waals surface area contributed by atoms with Gasteiger partial charge in [0, 0.05) is 0 Å². The second-order valence-electron chi connectivity index (χ2n) is 5.91. The molecule has 0 aliphatic carbocycles. The van der Waals surface area contributed by atoms with Crippen LogP contribution in [0, 0.1) is 0 Å². The van der Waals surface area contributed by atoms with Crippen LogP contribution in [0.4, 0.5) is 0 Å². The third-order valence-corrected chi connectivity index (χ3v) is 4.69. The van der Waals surface area contributed by atoms with Gasteiger partial charge in [0.05, 0.1) is 11.5 Å². The van der Waals surface area contributed by atoms with Crippen LogP contribution >= 0.6 is 0 Å². The first kappa shape index (κ1) is 18.7. The second-order valence-corrected chi connectivity index (χ2v) is 6.88. The zero-order valence-corrected chi connectivity index (χ0v) is 15.1. The summed E-state index contributed by atoms with van der Waals surface area (Å²) in [4.78, 5) is 0.414. The number of hydrogen-bond donors (Lipinski definition) is 1. The molecule has 0 fully saturated rings. The maximum atomic E-state index is 11.0. The minimum absolute atomic E-state index is 0.414. The molecule has 0 spiro atoms. The number of hydrogen-bond acceptors (Lipinski definition) is 2. The zero-order valence-electron chi connectivity index (χ0n) is 14.2. The topological polar surface area (TPSA) is 46.5 Å². The Morgan fingerprint density at radius 1 is 0.833 bits per heavy atom. The lowest BCUT2D eigenvalue weighted by Gasteiger charge is -2.08. The molecule has 0 radical (unpaired) electrons. The van der Waals surface area contributed by atoms with Crippen molar-refractivity contribution >= 4 is 11.1 Å².